The Bertz CT molecular complexity index is 390. The molecule has 4 nitrogen and oxygen atoms in total. The van der Waals surface area contributed by atoms with Crippen molar-refractivity contribution in [3.05, 3.63) is 35.9 Å². The molecule has 98 valence electrons. The predicted octanol–water partition coefficient (Wildman–Crippen LogP) is 1.37. The molecular weight excluding hydrogens is 228 g/mol. The molecule has 0 saturated carbocycles. The average molecular weight is 248 g/mol. The van der Waals surface area contributed by atoms with Gasteiger partial charge in [0.2, 0.25) is 5.91 Å². The second-order valence-electron chi connectivity index (χ2n) is 4.28. The lowest BCUT2D eigenvalue weighted by Crippen LogP contribution is -2.37. The van der Waals surface area contributed by atoms with E-state index in [4.69, 9.17) is 0 Å². The number of hydrogen-bond donors (Lipinski definition) is 2. The number of hydrogen-bond acceptors (Lipinski definition) is 3. The first-order valence-corrected chi connectivity index (χ1v) is 6.15. The van der Waals surface area contributed by atoms with Crippen molar-refractivity contribution in [2.75, 3.05) is 13.6 Å². The molecule has 1 aromatic carbocycles. The molecule has 1 amide bonds. The first-order chi connectivity index (χ1) is 8.63. The van der Waals surface area contributed by atoms with E-state index in [2.05, 4.69) is 10.6 Å². The van der Waals surface area contributed by atoms with E-state index >= 15 is 0 Å². The van der Waals surface area contributed by atoms with Crippen molar-refractivity contribution < 1.29 is 9.59 Å². The van der Waals surface area contributed by atoms with Gasteiger partial charge in [-0.1, -0.05) is 30.3 Å². The zero-order valence-electron chi connectivity index (χ0n) is 10.9. The van der Waals surface area contributed by atoms with Crippen LogP contribution < -0.4 is 10.6 Å². The van der Waals surface area contributed by atoms with Crippen LogP contribution in [-0.2, 0) is 4.79 Å². The van der Waals surface area contributed by atoms with Crippen molar-refractivity contribution in [1.82, 2.24) is 10.6 Å². The van der Waals surface area contributed by atoms with E-state index in [1.807, 2.05) is 32.2 Å². The number of benzene rings is 1. The van der Waals surface area contributed by atoms with Crippen LogP contribution in [0.4, 0.5) is 0 Å². The molecule has 1 rings (SSSR count). The summed E-state index contributed by atoms with van der Waals surface area (Å²) in [7, 11) is 1.84. The minimum Gasteiger partial charge on any atom is -0.355 e. The van der Waals surface area contributed by atoms with E-state index in [1.165, 1.54) is 0 Å². The number of Topliss-reactive ketones (excluding diaryl/α,β-unsaturated/α-hetero) is 1. The molecule has 1 atom stereocenters. The Kier molecular flexibility index (Phi) is 6.08. The number of likely N-dealkylation sites (N-methyl/N-ethyl adjacent to an activating group) is 1. The molecule has 0 aliphatic rings. The van der Waals surface area contributed by atoms with Crippen LogP contribution in [-0.4, -0.2) is 31.3 Å². The van der Waals surface area contributed by atoms with Crippen LogP contribution in [0.1, 0.15) is 30.1 Å². The average Bonchev–Trinajstić information content (AvgIpc) is 2.42. The van der Waals surface area contributed by atoms with E-state index in [-0.39, 0.29) is 30.6 Å². The predicted molar refractivity (Wildman–Crippen MR) is 71.5 cm³/mol. The number of amides is 1. The Morgan fingerprint density at radius 2 is 1.83 bits per heavy atom. The van der Waals surface area contributed by atoms with Gasteiger partial charge in [0.15, 0.2) is 5.78 Å². The van der Waals surface area contributed by atoms with Crippen molar-refractivity contribution in [3.63, 3.8) is 0 Å². The lowest BCUT2D eigenvalue weighted by molar-refractivity contribution is -0.121. The van der Waals surface area contributed by atoms with Gasteiger partial charge in [0.25, 0.3) is 0 Å². The van der Waals surface area contributed by atoms with Gasteiger partial charge < -0.3 is 10.6 Å². The summed E-state index contributed by atoms with van der Waals surface area (Å²) < 4.78 is 0. The topological polar surface area (TPSA) is 58.2 Å². The molecule has 0 saturated heterocycles. The van der Waals surface area contributed by atoms with Gasteiger partial charge in [-0.05, 0) is 14.0 Å². The van der Waals surface area contributed by atoms with Gasteiger partial charge in [0, 0.05) is 31.0 Å². The van der Waals surface area contributed by atoms with Gasteiger partial charge in [-0.15, -0.1) is 0 Å². The van der Waals surface area contributed by atoms with E-state index in [0.29, 0.717) is 12.1 Å². The molecular formula is C14H20N2O2. The molecule has 1 unspecified atom stereocenters. The maximum absolute atomic E-state index is 11.8. The van der Waals surface area contributed by atoms with Crippen LogP contribution in [0.5, 0.6) is 0 Å². The highest BCUT2D eigenvalue weighted by Gasteiger charge is 2.09. The van der Waals surface area contributed by atoms with Crippen LogP contribution in [0.3, 0.4) is 0 Å². The summed E-state index contributed by atoms with van der Waals surface area (Å²) in [5.74, 6) is -0.0752. The summed E-state index contributed by atoms with van der Waals surface area (Å²) in [5, 5.41) is 5.82. The highest BCUT2D eigenvalue weighted by atomic mass is 16.2. The third kappa shape index (κ3) is 5.10. The number of carbonyl (C=O) groups is 2. The summed E-state index contributed by atoms with van der Waals surface area (Å²) in [4.78, 5) is 23.3. The van der Waals surface area contributed by atoms with Crippen LogP contribution in [0, 0.1) is 0 Å². The number of rotatable bonds is 7. The Labute approximate surface area is 108 Å². The fourth-order valence-electron chi connectivity index (χ4n) is 1.45. The smallest absolute Gasteiger partial charge is 0.220 e. The fourth-order valence-corrected chi connectivity index (χ4v) is 1.45. The van der Waals surface area contributed by atoms with E-state index in [0.717, 1.165) is 0 Å². The fraction of sp³-hybridized carbons (Fsp3) is 0.429. The molecule has 0 aliphatic heterocycles. The second kappa shape index (κ2) is 7.61. The summed E-state index contributed by atoms with van der Waals surface area (Å²) in [5.41, 5.74) is 0.661. The zero-order chi connectivity index (χ0) is 13.4. The first-order valence-electron chi connectivity index (χ1n) is 6.15. The van der Waals surface area contributed by atoms with E-state index < -0.39 is 0 Å². The molecule has 2 N–H and O–H groups in total. The molecule has 0 bridgehead atoms. The van der Waals surface area contributed by atoms with Gasteiger partial charge in [-0.3, -0.25) is 9.59 Å². The SMILES string of the molecule is CNC(C)CNC(=O)CCC(=O)c1ccccc1. The van der Waals surface area contributed by atoms with Crippen LogP contribution in [0.15, 0.2) is 30.3 Å². The molecule has 0 spiro atoms. The number of ketones is 1. The number of carbonyl (C=O) groups excluding carboxylic acids is 2. The van der Waals surface area contributed by atoms with Crippen LogP contribution in [0.25, 0.3) is 0 Å². The molecule has 18 heavy (non-hydrogen) atoms. The summed E-state index contributed by atoms with van der Waals surface area (Å²) >= 11 is 0. The monoisotopic (exact) mass is 248 g/mol. The van der Waals surface area contributed by atoms with Crippen molar-refractivity contribution in [2.24, 2.45) is 0 Å². The quantitative estimate of drug-likeness (QED) is 0.717. The van der Waals surface area contributed by atoms with Crippen molar-refractivity contribution >= 4 is 11.7 Å². The summed E-state index contributed by atoms with van der Waals surface area (Å²) in [6.45, 7) is 2.56. The third-order valence-corrected chi connectivity index (χ3v) is 2.77. The zero-order valence-corrected chi connectivity index (χ0v) is 10.9. The normalized spacial score (nSPS) is 11.9. The molecule has 0 fully saturated rings. The van der Waals surface area contributed by atoms with E-state index in [1.54, 1.807) is 12.1 Å². The van der Waals surface area contributed by atoms with Gasteiger partial charge in [-0.2, -0.15) is 0 Å². The summed E-state index contributed by atoms with van der Waals surface area (Å²) in [6.07, 6.45) is 0.494. The van der Waals surface area contributed by atoms with Gasteiger partial charge in [0.05, 0.1) is 0 Å². The molecule has 0 radical (unpaired) electrons. The van der Waals surface area contributed by atoms with Crippen LogP contribution in [0.2, 0.25) is 0 Å². The Balaban J connectivity index is 2.28. The van der Waals surface area contributed by atoms with Crippen LogP contribution >= 0.6 is 0 Å². The van der Waals surface area contributed by atoms with Crippen molar-refractivity contribution in [2.45, 2.75) is 25.8 Å². The molecule has 0 aliphatic carbocycles. The van der Waals surface area contributed by atoms with Crippen molar-refractivity contribution in [3.8, 4) is 0 Å². The lowest BCUT2D eigenvalue weighted by Gasteiger charge is -2.11. The second-order valence-corrected chi connectivity index (χ2v) is 4.28. The first kappa shape index (κ1) is 14.4. The van der Waals surface area contributed by atoms with Gasteiger partial charge >= 0.3 is 0 Å². The highest BCUT2D eigenvalue weighted by molar-refractivity contribution is 5.97. The van der Waals surface area contributed by atoms with Crippen molar-refractivity contribution in [1.29, 1.82) is 0 Å². The summed E-state index contributed by atoms with van der Waals surface area (Å²) in [6, 6.07) is 9.28. The van der Waals surface area contributed by atoms with Gasteiger partial charge in [0.1, 0.15) is 0 Å². The molecule has 1 aromatic rings. The number of nitrogens with one attached hydrogen (secondary N) is 2. The molecule has 0 aromatic heterocycles. The molecule has 0 heterocycles. The van der Waals surface area contributed by atoms with E-state index in [9.17, 15) is 9.59 Å². The van der Waals surface area contributed by atoms with Gasteiger partial charge in [-0.25, -0.2) is 0 Å². The minimum absolute atomic E-state index is 0.00687. The Hall–Kier alpha value is -1.68. The third-order valence-electron chi connectivity index (χ3n) is 2.77. The highest BCUT2D eigenvalue weighted by Crippen LogP contribution is 2.04. The molecule has 4 heteroatoms. The maximum Gasteiger partial charge on any atom is 0.220 e. The maximum atomic E-state index is 11.8. The Morgan fingerprint density at radius 3 is 2.44 bits per heavy atom. The largest absolute Gasteiger partial charge is 0.355 e. The minimum atomic E-state index is -0.0821. The Morgan fingerprint density at radius 1 is 1.17 bits per heavy atom. The lowest BCUT2D eigenvalue weighted by atomic mass is 10.1. The standard InChI is InChI=1S/C14H20N2O2/c1-11(15-2)10-16-14(18)9-8-13(17)12-6-4-3-5-7-12/h3-7,11,15H,8-10H2,1-2H3,(H,16,18).